The maximum absolute atomic E-state index is 5.14. The first kappa shape index (κ1) is 43.5. The molecule has 72 heavy (non-hydrogen) atoms. The fourth-order valence-electron chi connectivity index (χ4n) is 9.05. The van der Waals surface area contributed by atoms with E-state index in [1.165, 1.54) is 11.1 Å². The summed E-state index contributed by atoms with van der Waals surface area (Å²) in [6.45, 7) is 0. The van der Waals surface area contributed by atoms with Crippen molar-refractivity contribution in [1.82, 2.24) is 29.9 Å². The molecule has 0 fully saturated rings. The highest BCUT2D eigenvalue weighted by Crippen LogP contribution is 2.36. The quantitative estimate of drug-likeness (QED) is 0.129. The maximum atomic E-state index is 5.14. The molecule has 12 rings (SSSR count). The van der Waals surface area contributed by atoms with E-state index in [4.69, 9.17) is 29.9 Å². The number of hydrogen-bond acceptors (Lipinski definition) is 6. The average molecular weight is 921 g/mol. The van der Waals surface area contributed by atoms with Crippen molar-refractivity contribution in [3.05, 3.63) is 267 Å². The fourth-order valence-corrected chi connectivity index (χ4v) is 9.05. The predicted molar refractivity (Wildman–Crippen MR) is 293 cm³/mol. The van der Waals surface area contributed by atoms with Gasteiger partial charge in [0, 0.05) is 33.4 Å². The van der Waals surface area contributed by atoms with Crippen LogP contribution >= 0.6 is 0 Å². The van der Waals surface area contributed by atoms with Crippen LogP contribution in [0.2, 0.25) is 0 Å². The molecule has 2 heterocycles. The van der Waals surface area contributed by atoms with Gasteiger partial charge in [-0.15, -0.1) is 0 Å². The molecule has 10 aromatic carbocycles. The van der Waals surface area contributed by atoms with Crippen LogP contribution < -0.4 is 0 Å². The monoisotopic (exact) mass is 920 g/mol. The van der Waals surface area contributed by atoms with Gasteiger partial charge in [0.05, 0.1) is 0 Å². The molecular formula is C66H44N6. The van der Waals surface area contributed by atoms with E-state index in [0.29, 0.717) is 34.9 Å². The lowest BCUT2D eigenvalue weighted by Crippen LogP contribution is -2.00. The summed E-state index contributed by atoms with van der Waals surface area (Å²) in [6.07, 6.45) is 0. The van der Waals surface area contributed by atoms with Crippen LogP contribution in [0.4, 0.5) is 0 Å². The predicted octanol–water partition coefficient (Wildman–Crippen LogP) is 16.4. The van der Waals surface area contributed by atoms with Crippen LogP contribution in [0, 0.1) is 0 Å². The molecule has 0 unspecified atom stereocenters. The van der Waals surface area contributed by atoms with Gasteiger partial charge in [0.2, 0.25) is 0 Å². The van der Waals surface area contributed by atoms with Gasteiger partial charge in [0.25, 0.3) is 0 Å². The third kappa shape index (κ3) is 9.36. The second-order valence-electron chi connectivity index (χ2n) is 17.6. The Balaban J connectivity index is 0.914. The van der Waals surface area contributed by atoms with E-state index in [0.717, 1.165) is 77.9 Å². The second kappa shape index (κ2) is 19.7. The SMILES string of the molecule is c1ccc(-c2cccc(-c3ccc(-c4nc(-c5ccccc5)nc(-c5cccc(-c6cccc(-c7cc(-c8ccccc8)cc(-c8nc(-c9ccccc9)nc(-c9ccccc9)n8)c7)c6)c5)n4)cc3)c2)cc1. The van der Waals surface area contributed by atoms with Crippen LogP contribution in [0.15, 0.2) is 267 Å². The molecule has 0 saturated carbocycles. The molecule has 0 saturated heterocycles. The number of rotatable bonds is 11. The van der Waals surface area contributed by atoms with Crippen molar-refractivity contribution >= 4 is 0 Å². The molecule has 2 aromatic heterocycles. The van der Waals surface area contributed by atoms with Crippen LogP contribution in [0.3, 0.4) is 0 Å². The Kier molecular flexibility index (Phi) is 11.9. The molecule has 0 atom stereocenters. The van der Waals surface area contributed by atoms with E-state index in [1.807, 2.05) is 103 Å². The summed E-state index contributed by atoms with van der Waals surface area (Å²) >= 11 is 0. The van der Waals surface area contributed by atoms with Gasteiger partial charge in [0.15, 0.2) is 34.9 Å². The normalized spacial score (nSPS) is 11.1. The van der Waals surface area contributed by atoms with Crippen molar-refractivity contribution in [3.8, 4) is 124 Å². The summed E-state index contributed by atoms with van der Waals surface area (Å²) in [5.41, 5.74) is 16.4. The van der Waals surface area contributed by atoms with E-state index in [9.17, 15) is 0 Å². The van der Waals surface area contributed by atoms with Gasteiger partial charge in [-0.1, -0.05) is 231 Å². The Labute approximate surface area is 418 Å². The molecule has 0 aliphatic carbocycles. The number of hydrogen-bond donors (Lipinski definition) is 0. The summed E-state index contributed by atoms with van der Waals surface area (Å²) < 4.78 is 0. The van der Waals surface area contributed by atoms with Crippen LogP contribution in [-0.2, 0) is 0 Å². The molecule has 0 amide bonds. The molecular weight excluding hydrogens is 877 g/mol. The van der Waals surface area contributed by atoms with Gasteiger partial charge in [-0.2, -0.15) is 0 Å². The van der Waals surface area contributed by atoms with Gasteiger partial charge in [-0.3, -0.25) is 0 Å². The van der Waals surface area contributed by atoms with Gasteiger partial charge < -0.3 is 0 Å². The van der Waals surface area contributed by atoms with Crippen molar-refractivity contribution in [1.29, 1.82) is 0 Å². The first-order valence-electron chi connectivity index (χ1n) is 24.0. The highest BCUT2D eigenvalue weighted by atomic mass is 15.0. The maximum Gasteiger partial charge on any atom is 0.164 e. The van der Waals surface area contributed by atoms with Crippen molar-refractivity contribution in [2.24, 2.45) is 0 Å². The van der Waals surface area contributed by atoms with Crippen LogP contribution in [0.1, 0.15) is 0 Å². The molecule has 0 N–H and O–H groups in total. The van der Waals surface area contributed by atoms with Crippen molar-refractivity contribution in [3.63, 3.8) is 0 Å². The first-order chi connectivity index (χ1) is 35.6. The molecule has 6 heteroatoms. The van der Waals surface area contributed by atoms with Crippen LogP contribution in [-0.4, -0.2) is 29.9 Å². The zero-order chi connectivity index (χ0) is 48.1. The lowest BCUT2D eigenvalue weighted by atomic mass is 9.93. The largest absolute Gasteiger partial charge is 0.208 e. The van der Waals surface area contributed by atoms with Crippen molar-refractivity contribution in [2.75, 3.05) is 0 Å². The highest BCUT2D eigenvalue weighted by molar-refractivity contribution is 5.83. The standard InChI is InChI=1S/C66H44N6/c1-6-19-45(20-7-1)52-29-16-30-53(39-52)47-35-37-51(38-36-47)64-68-61(48-23-10-3-11-24-48)69-65(70-64)57-34-18-32-55(41-57)54-31-17-33-56(40-54)59-42-58(46-21-8-2-9-22-46)43-60(44-59)66-71-62(49-25-12-4-13-26-49)67-63(72-66)50-27-14-5-15-28-50/h1-44H. The Morgan fingerprint density at radius 3 is 0.722 bits per heavy atom. The van der Waals surface area contributed by atoms with Crippen LogP contribution in [0.25, 0.3) is 124 Å². The smallest absolute Gasteiger partial charge is 0.164 e. The van der Waals surface area contributed by atoms with Crippen molar-refractivity contribution < 1.29 is 0 Å². The minimum atomic E-state index is 0.596. The first-order valence-corrected chi connectivity index (χ1v) is 24.0. The van der Waals surface area contributed by atoms with Crippen LogP contribution in [0.5, 0.6) is 0 Å². The topological polar surface area (TPSA) is 77.3 Å². The van der Waals surface area contributed by atoms with E-state index < -0.39 is 0 Å². The molecule has 12 aromatic rings. The molecule has 0 bridgehead atoms. The Morgan fingerprint density at radius 1 is 0.125 bits per heavy atom. The summed E-state index contributed by atoms with van der Waals surface area (Å²) in [5.74, 6) is 3.65. The second-order valence-corrected chi connectivity index (χ2v) is 17.6. The van der Waals surface area contributed by atoms with E-state index in [2.05, 4.69) is 164 Å². The Bertz CT molecular complexity index is 3770. The minimum absolute atomic E-state index is 0.596. The Hall–Kier alpha value is -9.78. The molecule has 338 valence electrons. The molecule has 0 aliphatic rings. The molecule has 0 radical (unpaired) electrons. The van der Waals surface area contributed by atoms with Gasteiger partial charge in [0.1, 0.15) is 0 Å². The van der Waals surface area contributed by atoms with Crippen molar-refractivity contribution in [2.45, 2.75) is 0 Å². The molecule has 0 aliphatic heterocycles. The van der Waals surface area contributed by atoms with Gasteiger partial charge in [-0.25, -0.2) is 29.9 Å². The number of benzene rings is 10. The molecule has 0 spiro atoms. The van der Waals surface area contributed by atoms with Gasteiger partial charge in [-0.05, 0) is 92.0 Å². The third-order valence-electron chi connectivity index (χ3n) is 12.8. The third-order valence-corrected chi connectivity index (χ3v) is 12.8. The summed E-state index contributed by atoms with van der Waals surface area (Å²) in [4.78, 5) is 30.5. The fraction of sp³-hybridized carbons (Fsp3) is 0. The van der Waals surface area contributed by atoms with Gasteiger partial charge >= 0.3 is 0 Å². The zero-order valence-electron chi connectivity index (χ0n) is 39.1. The van der Waals surface area contributed by atoms with E-state index in [-0.39, 0.29) is 0 Å². The zero-order valence-corrected chi connectivity index (χ0v) is 39.1. The summed E-state index contributed by atoms with van der Waals surface area (Å²) in [6, 6.07) is 92.1. The lowest BCUT2D eigenvalue weighted by molar-refractivity contribution is 1.07. The summed E-state index contributed by atoms with van der Waals surface area (Å²) in [5, 5.41) is 0. The minimum Gasteiger partial charge on any atom is -0.208 e. The lowest BCUT2D eigenvalue weighted by Gasteiger charge is -2.13. The summed E-state index contributed by atoms with van der Waals surface area (Å²) in [7, 11) is 0. The Morgan fingerprint density at radius 2 is 0.319 bits per heavy atom. The highest BCUT2D eigenvalue weighted by Gasteiger charge is 2.17. The number of nitrogens with zero attached hydrogens (tertiary/aromatic N) is 6. The van der Waals surface area contributed by atoms with E-state index in [1.54, 1.807) is 0 Å². The average Bonchev–Trinajstić information content (AvgIpc) is 3.48. The molecule has 6 nitrogen and oxygen atoms in total. The number of aromatic nitrogens is 6. The van der Waals surface area contributed by atoms with E-state index >= 15 is 0 Å².